The van der Waals surface area contributed by atoms with Crippen molar-refractivity contribution in [2.24, 2.45) is 0 Å². The van der Waals surface area contributed by atoms with Crippen molar-refractivity contribution < 1.29 is 9.84 Å². The van der Waals surface area contributed by atoms with Crippen molar-refractivity contribution in [3.05, 3.63) is 59.9 Å². The van der Waals surface area contributed by atoms with Crippen LogP contribution >= 0.6 is 0 Å². The Morgan fingerprint density at radius 1 is 1.08 bits per heavy atom. The highest BCUT2D eigenvalue weighted by Crippen LogP contribution is 2.20. The van der Waals surface area contributed by atoms with E-state index >= 15 is 0 Å². The van der Waals surface area contributed by atoms with Crippen molar-refractivity contribution in [2.75, 3.05) is 39.8 Å². The fourth-order valence-corrected chi connectivity index (χ4v) is 3.05. The minimum absolute atomic E-state index is 0.484. The Kier molecular flexibility index (Phi) is 5.80. The molecule has 1 atom stereocenters. The van der Waals surface area contributed by atoms with Crippen LogP contribution in [0.1, 0.15) is 17.4 Å². The normalized spacial score (nSPS) is 17.6. The van der Waals surface area contributed by atoms with E-state index in [9.17, 15) is 5.11 Å². The summed E-state index contributed by atoms with van der Waals surface area (Å²) >= 11 is 0. The third-order valence-corrected chi connectivity index (χ3v) is 4.49. The van der Waals surface area contributed by atoms with E-state index in [1.54, 1.807) is 7.11 Å². The van der Waals surface area contributed by atoms with E-state index in [2.05, 4.69) is 20.9 Å². The second-order valence-corrected chi connectivity index (χ2v) is 6.19. The number of aliphatic hydroxyl groups excluding tert-OH is 1. The van der Waals surface area contributed by atoms with Crippen molar-refractivity contribution in [1.29, 1.82) is 0 Å². The monoisotopic (exact) mass is 327 g/mol. The number of nitrogens with zero attached hydrogens (tertiary/aromatic N) is 3. The number of hydrogen-bond acceptors (Lipinski definition) is 5. The maximum absolute atomic E-state index is 10.5. The highest BCUT2D eigenvalue weighted by molar-refractivity contribution is 5.29. The number of methoxy groups -OCH3 is 1. The molecular formula is C19H25N3O2. The third kappa shape index (κ3) is 4.54. The Hall–Kier alpha value is -1.95. The quantitative estimate of drug-likeness (QED) is 0.879. The van der Waals surface area contributed by atoms with Gasteiger partial charge in [0.05, 0.1) is 18.9 Å². The van der Waals surface area contributed by atoms with Gasteiger partial charge in [-0.3, -0.25) is 14.8 Å². The predicted molar refractivity (Wildman–Crippen MR) is 93.9 cm³/mol. The molecule has 0 aliphatic carbocycles. The van der Waals surface area contributed by atoms with E-state index in [4.69, 9.17) is 4.74 Å². The molecule has 1 aliphatic heterocycles. The summed E-state index contributed by atoms with van der Waals surface area (Å²) in [5, 5.41) is 10.5. The van der Waals surface area contributed by atoms with Crippen LogP contribution in [0.25, 0.3) is 0 Å². The first-order valence-corrected chi connectivity index (χ1v) is 8.41. The molecule has 0 radical (unpaired) electrons. The van der Waals surface area contributed by atoms with Crippen molar-refractivity contribution in [3.63, 3.8) is 0 Å². The van der Waals surface area contributed by atoms with Gasteiger partial charge in [-0.25, -0.2) is 0 Å². The summed E-state index contributed by atoms with van der Waals surface area (Å²) in [6.45, 7) is 5.49. The lowest BCUT2D eigenvalue weighted by Gasteiger charge is -2.35. The van der Waals surface area contributed by atoms with Gasteiger partial charge >= 0.3 is 0 Å². The molecule has 5 nitrogen and oxygen atoms in total. The van der Waals surface area contributed by atoms with Crippen molar-refractivity contribution in [1.82, 2.24) is 14.8 Å². The fraction of sp³-hybridized carbons (Fsp3) is 0.421. The van der Waals surface area contributed by atoms with Crippen LogP contribution in [0.15, 0.2) is 48.7 Å². The number of aliphatic hydroxyl groups is 1. The summed E-state index contributed by atoms with van der Waals surface area (Å²) in [6.07, 6.45) is 1.36. The van der Waals surface area contributed by atoms with Crippen LogP contribution in [0.4, 0.5) is 0 Å². The van der Waals surface area contributed by atoms with Gasteiger partial charge in [-0.1, -0.05) is 18.2 Å². The van der Waals surface area contributed by atoms with E-state index in [1.807, 2.05) is 42.6 Å². The molecule has 2 heterocycles. The molecule has 2 aromatic rings. The summed E-state index contributed by atoms with van der Waals surface area (Å²) in [4.78, 5) is 9.12. The number of hydrogen-bond donors (Lipinski definition) is 1. The van der Waals surface area contributed by atoms with E-state index in [0.29, 0.717) is 6.54 Å². The molecule has 0 saturated carbocycles. The molecule has 1 saturated heterocycles. The summed E-state index contributed by atoms with van der Waals surface area (Å²) < 4.78 is 5.23. The molecule has 1 unspecified atom stereocenters. The summed E-state index contributed by atoms with van der Waals surface area (Å²) in [5.74, 6) is 0.784. The maximum Gasteiger partial charge on any atom is 0.119 e. The number of aromatic nitrogens is 1. The molecule has 1 aliphatic rings. The topological polar surface area (TPSA) is 48.8 Å². The molecular weight excluding hydrogens is 302 g/mol. The van der Waals surface area contributed by atoms with Gasteiger partial charge in [0, 0.05) is 45.5 Å². The first-order valence-electron chi connectivity index (χ1n) is 8.41. The fourth-order valence-electron chi connectivity index (χ4n) is 3.05. The first kappa shape index (κ1) is 16.9. The highest BCUT2D eigenvalue weighted by Gasteiger charge is 2.20. The van der Waals surface area contributed by atoms with Crippen LogP contribution in [0.3, 0.4) is 0 Å². The molecule has 128 valence electrons. The number of benzene rings is 1. The van der Waals surface area contributed by atoms with Gasteiger partial charge < -0.3 is 9.84 Å². The molecule has 1 aromatic heterocycles. The van der Waals surface area contributed by atoms with Crippen LogP contribution in [0, 0.1) is 0 Å². The lowest BCUT2D eigenvalue weighted by Crippen LogP contribution is -2.47. The van der Waals surface area contributed by atoms with Crippen LogP contribution in [0.2, 0.25) is 0 Å². The zero-order valence-corrected chi connectivity index (χ0v) is 14.1. The Bertz CT molecular complexity index is 628. The predicted octanol–water partition coefficient (Wildman–Crippen LogP) is 1.94. The maximum atomic E-state index is 10.5. The van der Waals surface area contributed by atoms with Crippen LogP contribution in [0.5, 0.6) is 5.75 Å². The molecule has 0 bridgehead atoms. The van der Waals surface area contributed by atoms with Crippen molar-refractivity contribution >= 4 is 0 Å². The van der Waals surface area contributed by atoms with Crippen LogP contribution in [-0.2, 0) is 6.54 Å². The van der Waals surface area contributed by atoms with Crippen LogP contribution < -0.4 is 4.74 Å². The zero-order chi connectivity index (χ0) is 16.8. The average molecular weight is 327 g/mol. The Balaban J connectivity index is 1.48. The lowest BCUT2D eigenvalue weighted by molar-refractivity contribution is 0.0696. The smallest absolute Gasteiger partial charge is 0.119 e. The van der Waals surface area contributed by atoms with Crippen molar-refractivity contribution in [2.45, 2.75) is 12.6 Å². The Morgan fingerprint density at radius 2 is 1.88 bits per heavy atom. The largest absolute Gasteiger partial charge is 0.497 e. The second kappa shape index (κ2) is 8.24. The zero-order valence-electron chi connectivity index (χ0n) is 14.1. The van der Waals surface area contributed by atoms with Gasteiger partial charge in [-0.2, -0.15) is 0 Å². The molecule has 0 spiro atoms. The van der Waals surface area contributed by atoms with E-state index < -0.39 is 6.10 Å². The number of ether oxygens (including phenoxy) is 1. The standard InChI is InChI=1S/C19H25N3O2/c1-24-18-7-4-5-16(13-18)19(23)15-22-11-9-21(10-12-22)14-17-6-2-3-8-20-17/h2-8,13,19,23H,9-12,14-15H2,1H3. The number of piperazine rings is 1. The molecule has 1 N–H and O–H groups in total. The minimum atomic E-state index is -0.484. The molecule has 0 amide bonds. The van der Waals surface area contributed by atoms with Gasteiger partial charge in [-0.05, 0) is 29.8 Å². The van der Waals surface area contributed by atoms with E-state index in [1.165, 1.54) is 0 Å². The number of rotatable bonds is 6. The van der Waals surface area contributed by atoms with Gasteiger partial charge in [0.1, 0.15) is 5.75 Å². The number of β-amino-alcohol motifs (C(OH)–C–C–N with tert-alkyl or cyclic N) is 1. The second-order valence-electron chi connectivity index (χ2n) is 6.19. The highest BCUT2D eigenvalue weighted by atomic mass is 16.5. The molecule has 3 rings (SSSR count). The molecule has 24 heavy (non-hydrogen) atoms. The summed E-state index contributed by atoms with van der Waals surface area (Å²) in [5.41, 5.74) is 2.02. The lowest BCUT2D eigenvalue weighted by atomic mass is 10.1. The Labute approximate surface area is 143 Å². The first-order chi connectivity index (χ1) is 11.7. The van der Waals surface area contributed by atoms with Gasteiger partial charge in [0.2, 0.25) is 0 Å². The molecule has 5 heteroatoms. The van der Waals surface area contributed by atoms with Gasteiger partial charge in [0.25, 0.3) is 0 Å². The summed E-state index contributed by atoms with van der Waals surface area (Å²) in [6, 6.07) is 13.7. The van der Waals surface area contributed by atoms with Crippen molar-refractivity contribution in [3.8, 4) is 5.75 Å². The van der Waals surface area contributed by atoms with Crippen LogP contribution in [-0.4, -0.2) is 59.7 Å². The van der Waals surface area contributed by atoms with Gasteiger partial charge in [0.15, 0.2) is 0 Å². The van der Waals surface area contributed by atoms with Gasteiger partial charge in [-0.15, -0.1) is 0 Å². The average Bonchev–Trinajstić information content (AvgIpc) is 2.64. The third-order valence-electron chi connectivity index (χ3n) is 4.49. The van der Waals surface area contributed by atoms with E-state index in [-0.39, 0.29) is 0 Å². The Morgan fingerprint density at radius 3 is 2.58 bits per heavy atom. The minimum Gasteiger partial charge on any atom is -0.497 e. The SMILES string of the molecule is COc1cccc(C(O)CN2CCN(Cc3ccccn3)CC2)c1. The number of pyridine rings is 1. The molecule has 1 fully saturated rings. The molecule has 1 aromatic carbocycles. The summed E-state index contributed by atoms with van der Waals surface area (Å²) in [7, 11) is 1.65. The van der Waals surface area contributed by atoms with E-state index in [0.717, 1.165) is 49.7 Å².